The minimum atomic E-state index is -0.511. The molecule has 0 saturated carbocycles. The number of carbonyl (C=O) groups excluding carboxylic acids is 2. The van der Waals surface area contributed by atoms with Crippen LogP contribution in [-0.2, 0) is 6.54 Å². The lowest BCUT2D eigenvalue weighted by Gasteiger charge is -2.34. The van der Waals surface area contributed by atoms with E-state index in [2.05, 4.69) is 22.3 Å². The van der Waals surface area contributed by atoms with Crippen molar-refractivity contribution in [3.63, 3.8) is 0 Å². The van der Waals surface area contributed by atoms with Crippen molar-refractivity contribution in [3.8, 4) is 5.75 Å². The molecule has 0 spiro atoms. The molecule has 0 bridgehead atoms. The molecule has 1 saturated heterocycles. The van der Waals surface area contributed by atoms with Gasteiger partial charge in [0.1, 0.15) is 5.75 Å². The van der Waals surface area contributed by atoms with Crippen LogP contribution in [0.5, 0.6) is 5.75 Å². The number of esters is 1. The molecule has 0 aromatic heterocycles. The van der Waals surface area contributed by atoms with Crippen LogP contribution in [0.25, 0.3) is 0 Å². The average Bonchev–Trinajstić information content (AvgIpc) is 2.85. The van der Waals surface area contributed by atoms with Crippen molar-refractivity contribution in [1.29, 1.82) is 5.41 Å². The van der Waals surface area contributed by atoms with E-state index in [9.17, 15) is 9.59 Å². The van der Waals surface area contributed by atoms with Crippen LogP contribution in [0.3, 0.4) is 0 Å². The predicted octanol–water partition coefficient (Wildman–Crippen LogP) is 4.01. The number of rotatable bonds is 6. The van der Waals surface area contributed by atoms with Crippen LogP contribution in [-0.4, -0.2) is 53.8 Å². The monoisotopic (exact) mass is 529 g/mol. The van der Waals surface area contributed by atoms with Crippen LogP contribution >= 0.6 is 24.8 Å². The van der Waals surface area contributed by atoms with Crippen molar-refractivity contribution in [1.82, 2.24) is 9.80 Å². The third-order valence-electron chi connectivity index (χ3n) is 5.62. The summed E-state index contributed by atoms with van der Waals surface area (Å²) in [4.78, 5) is 29.5. The number of anilines is 1. The quantitative estimate of drug-likeness (QED) is 0.192. The molecule has 1 heterocycles. The van der Waals surface area contributed by atoms with E-state index in [1.807, 2.05) is 23.1 Å². The summed E-state index contributed by atoms with van der Waals surface area (Å²) in [6.07, 6.45) is 0. The summed E-state index contributed by atoms with van der Waals surface area (Å²) in [5, 5.41) is 9.88. The molecule has 1 fully saturated rings. The first kappa shape index (κ1) is 28.6. The van der Waals surface area contributed by atoms with Crippen molar-refractivity contribution >= 4 is 48.3 Å². The van der Waals surface area contributed by atoms with Gasteiger partial charge >= 0.3 is 5.97 Å². The average molecular weight is 530 g/mol. The third kappa shape index (κ3) is 7.71. The molecule has 3 aromatic rings. The van der Waals surface area contributed by atoms with Crippen LogP contribution < -0.4 is 15.8 Å². The fourth-order valence-corrected chi connectivity index (χ4v) is 3.81. The molecule has 36 heavy (non-hydrogen) atoms. The molecule has 10 heteroatoms. The minimum Gasteiger partial charge on any atom is -0.423 e. The fraction of sp³-hybridized carbons (Fsp3) is 0.192. The molecular formula is C26H29Cl2N5O3. The SMILES string of the molecule is Cl.Cl.N=C(N)Nc1ccc(C(=O)Oc2ccc(C(=O)N3CCN(Cc4ccccc4)CC3)cc2)cc1. The Morgan fingerprint density at radius 3 is 2.00 bits per heavy atom. The Bertz CT molecular complexity index is 1150. The van der Waals surface area contributed by atoms with Crippen molar-refractivity contribution in [2.24, 2.45) is 5.73 Å². The predicted molar refractivity (Wildman–Crippen MR) is 145 cm³/mol. The summed E-state index contributed by atoms with van der Waals surface area (Å²) in [6, 6.07) is 23.4. The van der Waals surface area contributed by atoms with Crippen LogP contribution in [0, 0.1) is 5.41 Å². The van der Waals surface area contributed by atoms with E-state index < -0.39 is 5.97 Å². The Balaban J connectivity index is 0.00000228. The fourth-order valence-electron chi connectivity index (χ4n) is 3.81. The molecule has 4 N–H and O–H groups in total. The Morgan fingerprint density at radius 2 is 1.42 bits per heavy atom. The first-order chi connectivity index (χ1) is 16.5. The van der Waals surface area contributed by atoms with E-state index in [1.54, 1.807) is 48.5 Å². The van der Waals surface area contributed by atoms with E-state index in [0.29, 0.717) is 35.7 Å². The lowest BCUT2D eigenvalue weighted by molar-refractivity contribution is 0.0628. The van der Waals surface area contributed by atoms with E-state index in [4.69, 9.17) is 15.9 Å². The maximum atomic E-state index is 12.9. The highest BCUT2D eigenvalue weighted by atomic mass is 35.5. The summed E-state index contributed by atoms with van der Waals surface area (Å²) >= 11 is 0. The van der Waals surface area contributed by atoms with Crippen LogP contribution in [0.1, 0.15) is 26.3 Å². The second-order valence-electron chi connectivity index (χ2n) is 8.08. The zero-order chi connectivity index (χ0) is 23.9. The highest BCUT2D eigenvalue weighted by molar-refractivity contribution is 5.95. The van der Waals surface area contributed by atoms with Gasteiger partial charge in [0, 0.05) is 44.0 Å². The summed E-state index contributed by atoms with van der Waals surface area (Å²) in [5.41, 5.74) is 8.10. The number of benzene rings is 3. The van der Waals surface area contributed by atoms with E-state index in [-0.39, 0.29) is 36.7 Å². The van der Waals surface area contributed by atoms with Gasteiger partial charge in [0.15, 0.2) is 5.96 Å². The Hall–Kier alpha value is -3.59. The number of nitrogens with zero attached hydrogens (tertiary/aromatic N) is 2. The maximum absolute atomic E-state index is 12.9. The van der Waals surface area contributed by atoms with Crippen molar-refractivity contribution in [3.05, 3.63) is 95.6 Å². The number of nitrogens with one attached hydrogen (secondary N) is 2. The molecule has 1 aliphatic heterocycles. The zero-order valence-corrected chi connectivity index (χ0v) is 21.2. The largest absolute Gasteiger partial charge is 0.423 e. The number of nitrogens with two attached hydrogens (primary N) is 1. The Morgan fingerprint density at radius 1 is 0.833 bits per heavy atom. The van der Waals surface area contributed by atoms with Crippen LogP contribution in [0.15, 0.2) is 78.9 Å². The van der Waals surface area contributed by atoms with Crippen molar-refractivity contribution in [2.45, 2.75) is 6.54 Å². The minimum absolute atomic E-state index is 0. The number of guanidine groups is 1. The topological polar surface area (TPSA) is 112 Å². The van der Waals surface area contributed by atoms with Gasteiger partial charge < -0.3 is 20.7 Å². The lowest BCUT2D eigenvalue weighted by Crippen LogP contribution is -2.48. The van der Waals surface area contributed by atoms with Gasteiger partial charge in [-0.2, -0.15) is 0 Å². The van der Waals surface area contributed by atoms with Gasteiger partial charge in [0.25, 0.3) is 5.91 Å². The molecule has 0 aliphatic carbocycles. The molecule has 1 amide bonds. The van der Waals surface area contributed by atoms with E-state index in [1.165, 1.54) is 5.56 Å². The van der Waals surface area contributed by atoms with Gasteiger partial charge in [-0.1, -0.05) is 30.3 Å². The number of hydrogen-bond donors (Lipinski definition) is 3. The molecule has 1 aliphatic rings. The number of amides is 1. The second-order valence-corrected chi connectivity index (χ2v) is 8.08. The summed E-state index contributed by atoms with van der Waals surface area (Å²) < 4.78 is 5.41. The standard InChI is InChI=1S/C26H27N5O3.2ClH/c27-26(28)29-22-10-6-21(7-11-22)25(33)34-23-12-8-20(9-13-23)24(32)31-16-14-30(15-17-31)18-19-4-2-1-3-5-19;;/h1-13H,14-18H2,(H4,27,28,29);2*1H. The molecule has 0 atom stereocenters. The number of ether oxygens (including phenoxy) is 1. The van der Waals surface area contributed by atoms with Crippen LogP contribution in [0.4, 0.5) is 5.69 Å². The van der Waals surface area contributed by atoms with Gasteiger partial charge in [0.05, 0.1) is 5.56 Å². The van der Waals surface area contributed by atoms with Crippen molar-refractivity contribution < 1.29 is 14.3 Å². The first-order valence-corrected chi connectivity index (χ1v) is 11.1. The third-order valence-corrected chi connectivity index (χ3v) is 5.62. The van der Waals surface area contributed by atoms with Gasteiger partial charge in [-0.05, 0) is 54.1 Å². The van der Waals surface area contributed by atoms with Gasteiger partial charge in [-0.25, -0.2) is 4.79 Å². The lowest BCUT2D eigenvalue weighted by atomic mass is 10.1. The zero-order valence-electron chi connectivity index (χ0n) is 19.6. The number of hydrogen-bond acceptors (Lipinski definition) is 5. The molecular weight excluding hydrogens is 501 g/mol. The maximum Gasteiger partial charge on any atom is 0.343 e. The summed E-state index contributed by atoms with van der Waals surface area (Å²) in [5.74, 6) is -0.354. The molecule has 4 rings (SSSR count). The van der Waals surface area contributed by atoms with E-state index >= 15 is 0 Å². The normalized spacial score (nSPS) is 13.1. The molecule has 8 nitrogen and oxygen atoms in total. The van der Waals surface area contributed by atoms with E-state index in [0.717, 1.165) is 19.6 Å². The number of piperazine rings is 1. The highest BCUT2D eigenvalue weighted by Gasteiger charge is 2.22. The molecule has 0 unspecified atom stereocenters. The molecule has 190 valence electrons. The van der Waals surface area contributed by atoms with Gasteiger partial charge in [-0.15, -0.1) is 24.8 Å². The Kier molecular flexibility index (Phi) is 10.7. The number of halogens is 2. The van der Waals surface area contributed by atoms with Gasteiger partial charge in [0.2, 0.25) is 0 Å². The smallest absolute Gasteiger partial charge is 0.343 e. The number of carbonyl (C=O) groups is 2. The summed E-state index contributed by atoms with van der Waals surface area (Å²) in [6.45, 7) is 3.90. The second kappa shape index (κ2) is 13.5. The summed E-state index contributed by atoms with van der Waals surface area (Å²) in [7, 11) is 0. The van der Waals surface area contributed by atoms with Crippen LogP contribution in [0.2, 0.25) is 0 Å². The Labute approximate surface area is 222 Å². The van der Waals surface area contributed by atoms with Crippen molar-refractivity contribution in [2.75, 3.05) is 31.5 Å². The first-order valence-electron chi connectivity index (χ1n) is 11.1. The molecule has 0 radical (unpaired) electrons. The van der Waals surface area contributed by atoms with Gasteiger partial charge in [-0.3, -0.25) is 15.1 Å². The highest BCUT2D eigenvalue weighted by Crippen LogP contribution is 2.18. The molecule has 3 aromatic carbocycles.